The Bertz CT molecular complexity index is 573. The Balaban J connectivity index is 2.72. The number of aryl methyl sites for hydroxylation is 1. The van der Waals surface area contributed by atoms with Crippen molar-refractivity contribution >= 4 is 16.7 Å². The molecule has 1 N–H and O–H groups in total. The number of methoxy groups -OCH3 is 1. The zero-order chi connectivity index (χ0) is 12.4. The molecule has 2 rings (SSSR count). The van der Waals surface area contributed by atoms with E-state index < -0.39 is 5.97 Å². The number of benzene rings is 2. The lowest BCUT2D eigenvalue weighted by atomic mass is 10.0. The van der Waals surface area contributed by atoms with Crippen LogP contribution in [0, 0.1) is 0 Å². The van der Waals surface area contributed by atoms with Gasteiger partial charge in [0, 0.05) is 5.39 Å². The van der Waals surface area contributed by atoms with E-state index in [1.165, 1.54) is 5.56 Å². The van der Waals surface area contributed by atoms with E-state index in [0.29, 0.717) is 5.75 Å². The maximum Gasteiger partial charge on any atom is 0.335 e. The first-order valence-corrected chi connectivity index (χ1v) is 5.49. The normalized spacial score (nSPS) is 10.5. The topological polar surface area (TPSA) is 46.5 Å². The average Bonchev–Trinajstić information content (AvgIpc) is 2.36. The summed E-state index contributed by atoms with van der Waals surface area (Å²) in [5.41, 5.74) is 1.46. The molecule has 0 atom stereocenters. The van der Waals surface area contributed by atoms with Crippen molar-refractivity contribution in [1.29, 1.82) is 0 Å². The van der Waals surface area contributed by atoms with Crippen LogP contribution in [-0.4, -0.2) is 18.2 Å². The lowest BCUT2D eigenvalue weighted by molar-refractivity contribution is 0.0696. The van der Waals surface area contributed by atoms with Crippen molar-refractivity contribution in [2.75, 3.05) is 7.11 Å². The molecule has 0 bridgehead atoms. The molecule has 88 valence electrons. The molecule has 17 heavy (non-hydrogen) atoms. The van der Waals surface area contributed by atoms with Crippen LogP contribution in [0.4, 0.5) is 0 Å². The number of carboxylic acid groups (broad SMARTS) is 1. The van der Waals surface area contributed by atoms with Gasteiger partial charge < -0.3 is 9.84 Å². The van der Waals surface area contributed by atoms with E-state index in [1.54, 1.807) is 19.2 Å². The Morgan fingerprint density at radius 1 is 1.29 bits per heavy atom. The standard InChI is InChI=1S/C14H14O3/c1-3-9-4-5-10-7-11(14(15)16)8-13(17-2)12(10)6-9/h4-8H,3H2,1-2H3,(H,15,16). The number of carboxylic acids is 1. The van der Waals surface area contributed by atoms with Crippen molar-refractivity contribution in [3.63, 3.8) is 0 Å². The van der Waals surface area contributed by atoms with Gasteiger partial charge >= 0.3 is 5.97 Å². The van der Waals surface area contributed by atoms with E-state index in [-0.39, 0.29) is 5.56 Å². The van der Waals surface area contributed by atoms with E-state index in [1.807, 2.05) is 18.2 Å². The second-order valence-electron chi connectivity index (χ2n) is 3.89. The quantitative estimate of drug-likeness (QED) is 0.881. The molecule has 0 unspecified atom stereocenters. The Labute approximate surface area is 99.6 Å². The summed E-state index contributed by atoms with van der Waals surface area (Å²) in [6.07, 6.45) is 0.944. The first-order chi connectivity index (χ1) is 8.15. The van der Waals surface area contributed by atoms with Gasteiger partial charge in [-0.05, 0) is 35.6 Å². The van der Waals surface area contributed by atoms with E-state index >= 15 is 0 Å². The van der Waals surface area contributed by atoms with Crippen molar-refractivity contribution in [2.24, 2.45) is 0 Å². The van der Waals surface area contributed by atoms with Crippen molar-refractivity contribution in [3.8, 4) is 5.75 Å². The molecular formula is C14H14O3. The van der Waals surface area contributed by atoms with Crippen LogP contribution >= 0.6 is 0 Å². The van der Waals surface area contributed by atoms with Gasteiger partial charge in [0.25, 0.3) is 0 Å². The Morgan fingerprint density at radius 3 is 2.65 bits per heavy atom. The van der Waals surface area contributed by atoms with E-state index in [0.717, 1.165) is 17.2 Å². The van der Waals surface area contributed by atoms with Crippen LogP contribution in [0.1, 0.15) is 22.8 Å². The zero-order valence-corrected chi connectivity index (χ0v) is 9.86. The van der Waals surface area contributed by atoms with Crippen molar-refractivity contribution in [1.82, 2.24) is 0 Å². The van der Waals surface area contributed by atoms with E-state index in [2.05, 4.69) is 6.92 Å². The first kappa shape index (κ1) is 11.5. The highest BCUT2D eigenvalue weighted by Crippen LogP contribution is 2.28. The van der Waals surface area contributed by atoms with E-state index in [9.17, 15) is 4.79 Å². The zero-order valence-electron chi connectivity index (χ0n) is 9.86. The van der Waals surface area contributed by atoms with Crippen LogP contribution in [-0.2, 0) is 6.42 Å². The summed E-state index contributed by atoms with van der Waals surface area (Å²) in [4.78, 5) is 11.0. The molecule has 0 saturated heterocycles. The molecule has 2 aromatic carbocycles. The summed E-state index contributed by atoms with van der Waals surface area (Å²) in [7, 11) is 1.55. The molecule has 0 aliphatic rings. The summed E-state index contributed by atoms with van der Waals surface area (Å²) >= 11 is 0. The minimum atomic E-state index is -0.940. The summed E-state index contributed by atoms with van der Waals surface area (Å²) in [5.74, 6) is -0.333. The van der Waals surface area contributed by atoms with Gasteiger partial charge in [-0.1, -0.05) is 19.1 Å². The van der Waals surface area contributed by atoms with Crippen LogP contribution in [0.2, 0.25) is 0 Å². The predicted molar refractivity (Wildman–Crippen MR) is 66.8 cm³/mol. The highest BCUT2D eigenvalue weighted by Gasteiger charge is 2.09. The summed E-state index contributed by atoms with van der Waals surface area (Å²) in [6.45, 7) is 2.08. The summed E-state index contributed by atoms with van der Waals surface area (Å²) < 4.78 is 5.25. The average molecular weight is 230 g/mol. The second-order valence-corrected chi connectivity index (χ2v) is 3.89. The fourth-order valence-electron chi connectivity index (χ4n) is 1.88. The lowest BCUT2D eigenvalue weighted by Crippen LogP contribution is -1.98. The number of hydrogen-bond acceptors (Lipinski definition) is 2. The van der Waals surface area contributed by atoms with Gasteiger partial charge in [-0.3, -0.25) is 0 Å². The lowest BCUT2D eigenvalue weighted by Gasteiger charge is -2.08. The largest absolute Gasteiger partial charge is 0.496 e. The summed E-state index contributed by atoms with van der Waals surface area (Å²) in [6, 6.07) is 9.21. The van der Waals surface area contributed by atoms with Gasteiger partial charge in [0.1, 0.15) is 5.75 Å². The minimum absolute atomic E-state index is 0.249. The third kappa shape index (κ3) is 2.09. The third-order valence-electron chi connectivity index (χ3n) is 2.86. The maximum atomic E-state index is 11.0. The molecule has 0 aliphatic carbocycles. The fourth-order valence-corrected chi connectivity index (χ4v) is 1.88. The Morgan fingerprint density at radius 2 is 2.06 bits per heavy atom. The molecule has 0 heterocycles. The smallest absolute Gasteiger partial charge is 0.335 e. The Hall–Kier alpha value is -2.03. The number of aromatic carboxylic acids is 1. The van der Waals surface area contributed by atoms with Crippen molar-refractivity contribution < 1.29 is 14.6 Å². The first-order valence-electron chi connectivity index (χ1n) is 5.49. The molecule has 0 saturated carbocycles. The molecule has 0 aliphatic heterocycles. The van der Waals surface area contributed by atoms with Crippen molar-refractivity contribution in [3.05, 3.63) is 41.5 Å². The maximum absolute atomic E-state index is 11.0. The van der Waals surface area contributed by atoms with Crippen LogP contribution in [0.25, 0.3) is 10.8 Å². The Kier molecular flexibility index (Phi) is 3.00. The molecule has 3 nitrogen and oxygen atoms in total. The van der Waals surface area contributed by atoms with Crippen LogP contribution in [0.15, 0.2) is 30.3 Å². The van der Waals surface area contributed by atoms with Crippen LogP contribution in [0.5, 0.6) is 5.75 Å². The van der Waals surface area contributed by atoms with Gasteiger partial charge in [0.15, 0.2) is 0 Å². The van der Waals surface area contributed by atoms with Gasteiger partial charge in [-0.15, -0.1) is 0 Å². The number of carbonyl (C=O) groups is 1. The van der Waals surface area contributed by atoms with Gasteiger partial charge in [-0.2, -0.15) is 0 Å². The van der Waals surface area contributed by atoms with Crippen molar-refractivity contribution in [2.45, 2.75) is 13.3 Å². The van der Waals surface area contributed by atoms with Gasteiger partial charge in [-0.25, -0.2) is 4.79 Å². The molecule has 0 radical (unpaired) electrons. The van der Waals surface area contributed by atoms with Crippen LogP contribution in [0.3, 0.4) is 0 Å². The molecule has 2 aromatic rings. The van der Waals surface area contributed by atoms with Gasteiger partial charge in [0.2, 0.25) is 0 Å². The molecule has 0 amide bonds. The SMILES string of the molecule is CCc1ccc2cc(C(=O)O)cc(OC)c2c1. The number of fused-ring (bicyclic) bond motifs is 1. The molecule has 0 fully saturated rings. The number of hydrogen-bond donors (Lipinski definition) is 1. The predicted octanol–water partition coefficient (Wildman–Crippen LogP) is 3.11. The number of rotatable bonds is 3. The molecular weight excluding hydrogens is 216 g/mol. The second kappa shape index (κ2) is 4.45. The number of ether oxygens (including phenoxy) is 1. The highest BCUT2D eigenvalue weighted by atomic mass is 16.5. The molecule has 0 spiro atoms. The van der Waals surface area contributed by atoms with Crippen LogP contribution < -0.4 is 4.74 Å². The van der Waals surface area contributed by atoms with Gasteiger partial charge in [0.05, 0.1) is 12.7 Å². The molecule has 0 aromatic heterocycles. The minimum Gasteiger partial charge on any atom is -0.496 e. The fraction of sp³-hybridized carbons (Fsp3) is 0.214. The molecule has 3 heteroatoms. The summed E-state index contributed by atoms with van der Waals surface area (Å²) in [5, 5.41) is 10.9. The third-order valence-corrected chi connectivity index (χ3v) is 2.86. The monoisotopic (exact) mass is 230 g/mol. The highest BCUT2D eigenvalue weighted by molar-refractivity contribution is 5.97. The van der Waals surface area contributed by atoms with E-state index in [4.69, 9.17) is 9.84 Å².